The van der Waals surface area contributed by atoms with Crippen LogP contribution < -0.4 is 0 Å². The van der Waals surface area contributed by atoms with Crippen LogP contribution in [-0.4, -0.2) is 31.5 Å². The van der Waals surface area contributed by atoms with E-state index >= 15 is 0 Å². The Labute approximate surface area is 79.8 Å². The molecule has 0 aromatic carbocycles. The van der Waals surface area contributed by atoms with E-state index in [1.807, 2.05) is 0 Å². The Morgan fingerprint density at radius 3 is 2.33 bits per heavy atom. The molecule has 0 aromatic rings. The molecule has 5 heteroatoms. The van der Waals surface area contributed by atoms with Gasteiger partial charge in [0.2, 0.25) is 10.0 Å². The van der Waals surface area contributed by atoms with Gasteiger partial charge in [-0.25, -0.2) is 12.7 Å². The van der Waals surface area contributed by atoms with Crippen molar-refractivity contribution in [2.24, 2.45) is 0 Å². The summed E-state index contributed by atoms with van der Waals surface area (Å²) in [5, 5.41) is -0.324. The summed E-state index contributed by atoms with van der Waals surface area (Å²) in [4.78, 5) is 0. The van der Waals surface area contributed by atoms with Crippen molar-refractivity contribution >= 4 is 21.6 Å². The first-order valence-electron chi connectivity index (χ1n) is 4.04. The average molecular weight is 214 g/mol. The summed E-state index contributed by atoms with van der Waals surface area (Å²) in [5.74, 6) is 0. The van der Waals surface area contributed by atoms with Crippen LogP contribution in [0.25, 0.3) is 0 Å². The normalized spacial score (nSPS) is 12.3. The summed E-state index contributed by atoms with van der Waals surface area (Å²) in [5.41, 5.74) is 0. The minimum absolute atomic E-state index is 0.324. The molecule has 0 atom stereocenters. The predicted octanol–water partition coefficient (Wildman–Crippen LogP) is 1.63. The van der Waals surface area contributed by atoms with Gasteiger partial charge in [0.15, 0.2) is 0 Å². The summed E-state index contributed by atoms with van der Waals surface area (Å²) < 4.78 is 23.5. The fourth-order valence-corrected chi connectivity index (χ4v) is 1.88. The first-order valence-corrected chi connectivity index (χ1v) is 6.19. The number of nitrogens with zero attached hydrogens (tertiary/aromatic N) is 1. The van der Waals surface area contributed by atoms with Gasteiger partial charge < -0.3 is 0 Å². The first-order chi connectivity index (χ1) is 5.54. The highest BCUT2D eigenvalue weighted by molar-refractivity contribution is 7.90. The molecule has 0 spiro atoms. The third kappa shape index (κ3) is 4.28. The summed E-state index contributed by atoms with van der Waals surface area (Å²) in [6, 6.07) is 0. The highest BCUT2D eigenvalue weighted by Crippen LogP contribution is 2.03. The highest BCUT2D eigenvalue weighted by atomic mass is 35.5. The maximum absolute atomic E-state index is 11.1. The van der Waals surface area contributed by atoms with Gasteiger partial charge in [-0.05, 0) is 6.42 Å². The maximum Gasteiger partial charge on any atom is 0.227 e. The Balaban J connectivity index is 3.80. The van der Waals surface area contributed by atoms with Crippen molar-refractivity contribution in [1.82, 2.24) is 4.31 Å². The molecule has 0 aliphatic rings. The zero-order chi connectivity index (χ0) is 9.61. The zero-order valence-corrected chi connectivity index (χ0v) is 9.16. The Kier molecular flexibility index (Phi) is 5.88. The summed E-state index contributed by atoms with van der Waals surface area (Å²) in [7, 11) is -1.62. The molecule has 3 nitrogen and oxygen atoms in total. The number of unbranched alkanes of at least 4 members (excludes halogenated alkanes) is 2. The Morgan fingerprint density at radius 2 is 1.92 bits per heavy atom. The third-order valence-corrected chi connectivity index (χ3v) is 3.92. The molecule has 12 heavy (non-hydrogen) atoms. The molecule has 0 saturated carbocycles. The number of rotatable bonds is 6. The largest absolute Gasteiger partial charge is 0.227 e. The van der Waals surface area contributed by atoms with Crippen LogP contribution in [0.1, 0.15) is 26.2 Å². The van der Waals surface area contributed by atoms with Crippen LogP contribution in [0.4, 0.5) is 0 Å². The molecule has 0 rings (SSSR count). The van der Waals surface area contributed by atoms with Gasteiger partial charge in [0.1, 0.15) is 5.21 Å². The van der Waals surface area contributed by atoms with Crippen molar-refractivity contribution in [3.05, 3.63) is 0 Å². The number of alkyl halides is 1. The minimum Gasteiger partial charge on any atom is -0.211 e. The number of hydrogen-bond donors (Lipinski definition) is 0. The van der Waals surface area contributed by atoms with Crippen molar-refractivity contribution in [1.29, 1.82) is 0 Å². The Morgan fingerprint density at radius 1 is 1.33 bits per heavy atom. The molecular weight excluding hydrogens is 198 g/mol. The Hall–Kier alpha value is 0.200. The molecule has 0 radical (unpaired) electrons. The van der Waals surface area contributed by atoms with Crippen LogP contribution >= 0.6 is 11.6 Å². The van der Waals surface area contributed by atoms with E-state index in [0.717, 1.165) is 19.3 Å². The van der Waals surface area contributed by atoms with E-state index in [1.165, 1.54) is 4.31 Å². The average Bonchev–Trinajstić information content (AvgIpc) is 2.05. The maximum atomic E-state index is 11.1. The van der Waals surface area contributed by atoms with Gasteiger partial charge in [-0.1, -0.05) is 19.8 Å². The van der Waals surface area contributed by atoms with E-state index in [-0.39, 0.29) is 5.21 Å². The molecule has 0 aromatic heterocycles. The lowest BCUT2D eigenvalue weighted by Gasteiger charge is -2.14. The van der Waals surface area contributed by atoms with Gasteiger partial charge in [-0.15, -0.1) is 11.6 Å². The van der Waals surface area contributed by atoms with Gasteiger partial charge in [-0.3, -0.25) is 0 Å². The van der Waals surface area contributed by atoms with Crippen molar-refractivity contribution in [3.63, 3.8) is 0 Å². The van der Waals surface area contributed by atoms with Crippen molar-refractivity contribution in [2.75, 3.05) is 18.8 Å². The van der Waals surface area contributed by atoms with E-state index in [1.54, 1.807) is 7.05 Å². The van der Waals surface area contributed by atoms with Crippen LogP contribution in [-0.2, 0) is 10.0 Å². The third-order valence-electron chi connectivity index (χ3n) is 1.69. The molecule has 0 aliphatic carbocycles. The first kappa shape index (κ1) is 12.2. The van der Waals surface area contributed by atoms with Gasteiger partial charge in [0.05, 0.1) is 0 Å². The van der Waals surface area contributed by atoms with Crippen LogP contribution in [0.15, 0.2) is 0 Å². The molecule has 0 N–H and O–H groups in total. The lowest BCUT2D eigenvalue weighted by atomic mass is 10.2. The molecule has 0 heterocycles. The molecule has 74 valence electrons. The monoisotopic (exact) mass is 213 g/mol. The molecule has 0 bridgehead atoms. The van der Waals surface area contributed by atoms with Gasteiger partial charge >= 0.3 is 0 Å². The molecule has 0 amide bonds. The second-order valence-corrected chi connectivity index (χ2v) is 5.41. The fourth-order valence-electron chi connectivity index (χ4n) is 0.807. The van der Waals surface area contributed by atoms with Crippen LogP contribution in [0.3, 0.4) is 0 Å². The van der Waals surface area contributed by atoms with E-state index in [9.17, 15) is 8.42 Å². The SMILES string of the molecule is CCCCCN(C)S(=O)(=O)CCl. The molecule has 0 aliphatic heterocycles. The van der Waals surface area contributed by atoms with Crippen LogP contribution in [0, 0.1) is 0 Å². The van der Waals surface area contributed by atoms with Crippen LogP contribution in [0.5, 0.6) is 0 Å². The zero-order valence-electron chi connectivity index (χ0n) is 7.59. The summed E-state index contributed by atoms with van der Waals surface area (Å²) >= 11 is 5.27. The van der Waals surface area contributed by atoms with Crippen molar-refractivity contribution in [3.8, 4) is 0 Å². The van der Waals surface area contributed by atoms with Crippen molar-refractivity contribution < 1.29 is 8.42 Å². The van der Waals surface area contributed by atoms with E-state index in [0.29, 0.717) is 6.54 Å². The lowest BCUT2D eigenvalue weighted by molar-refractivity contribution is 0.457. The fraction of sp³-hybridized carbons (Fsp3) is 1.00. The lowest BCUT2D eigenvalue weighted by Crippen LogP contribution is -2.28. The minimum atomic E-state index is -3.18. The second kappa shape index (κ2) is 5.78. The Bertz CT molecular complexity index is 203. The number of hydrogen-bond acceptors (Lipinski definition) is 2. The van der Waals surface area contributed by atoms with E-state index < -0.39 is 10.0 Å². The molecule has 0 unspecified atom stereocenters. The number of halogens is 1. The van der Waals surface area contributed by atoms with E-state index in [4.69, 9.17) is 11.6 Å². The highest BCUT2D eigenvalue weighted by Gasteiger charge is 2.14. The van der Waals surface area contributed by atoms with E-state index in [2.05, 4.69) is 6.92 Å². The van der Waals surface area contributed by atoms with Gasteiger partial charge in [-0.2, -0.15) is 0 Å². The van der Waals surface area contributed by atoms with Crippen molar-refractivity contribution in [2.45, 2.75) is 26.2 Å². The summed E-state index contributed by atoms with van der Waals surface area (Å²) in [6.07, 6.45) is 3.06. The smallest absolute Gasteiger partial charge is 0.211 e. The topological polar surface area (TPSA) is 37.4 Å². The quantitative estimate of drug-likeness (QED) is 0.497. The second-order valence-electron chi connectivity index (χ2n) is 2.75. The van der Waals surface area contributed by atoms with Crippen LogP contribution in [0.2, 0.25) is 0 Å². The summed E-state index contributed by atoms with van der Waals surface area (Å²) in [6.45, 7) is 2.65. The molecule has 0 saturated heterocycles. The molecule has 0 fully saturated rings. The van der Waals surface area contributed by atoms with Gasteiger partial charge in [0, 0.05) is 13.6 Å². The standard InChI is InChI=1S/C7H16ClNO2S/c1-3-4-5-6-9(2)12(10,11)7-8/h3-7H2,1-2H3. The van der Waals surface area contributed by atoms with Gasteiger partial charge in [0.25, 0.3) is 0 Å². The number of sulfonamides is 1. The predicted molar refractivity (Wildman–Crippen MR) is 51.8 cm³/mol. The molecular formula is C7H16ClNO2S.